The van der Waals surface area contributed by atoms with Crippen molar-refractivity contribution in [1.82, 2.24) is 0 Å². The molecule has 0 aliphatic rings. The average molecular weight is 664 g/mol. The Morgan fingerprint density at radius 2 is 0.702 bits per heavy atom. The van der Waals surface area contributed by atoms with Crippen LogP contribution in [0.3, 0.4) is 0 Å². The van der Waals surface area contributed by atoms with Crippen molar-refractivity contribution in [2.45, 2.75) is 0 Å². The number of fused-ring (bicyclic) bond motifs is 4. The Morgan fingerprint density at radius 3 is 1.26 bits per heavy atom. The zero-order valence-corrected chi connectivity index (χ0v) is 27.4. The molecule has 0 radical (unpaired) electrons. The highest BCUT2D eigenvalue weighted by Gasteiger charge is 2.16. The van der Waals surface area contributed by atoms with Crippen LogP contribution >= 0.6 is 15.9 Å². The second-order valence-corrected chi connectivity index (χ2v) is 12.7. The molecule has 47 heavy (non-hydrogen) atoms. The molecule has 0 unspecified atom stereocenters. The number of halogens is 1. The van der Waals surface area contributed by atoms with Gasteiger partial charge in [0.2, 0.25) is 0 Å². The van der Waals surface area contributed by atoms with E-state index in [1.807, 2.05) is 0 Å². The van der Waals surface area contributed by atoms with E-state index >= 15 is 0 Å². The summed E-state index contributed by atoms with van der Waals surface area (Å²) in [5, 5.41) is 10.4. The number of benzene rings is 9. The zero-order chi connectivity index (χ0) is 31.6. The molecule has 0 aliphatic heterocycles. The van der Waals surface area contributed by atoms with Gasteiger partial charge in [-0.05, 0) is 101 Å². The van der Waals surface area contributed by atoms with E-state index in [1.54, 1.807) is 0 Å². The lowest BCUT2D eigenvalue weighted by Crippen LogP contribution is -1.90. The van der Waals surface area contributed by atoms with Gasteiger partial charge in [-0.3, -0.25) is 0 Å². The van der Waals surface area contributed by atoms with Crippen LogP contribution in [0, 0.1) is 0 Å². The maximum absolute atomic E-state index is 3.56. The van der Waals surface area contributed by atoms with Crippen molar-refractivity contribution in [3.05, 3.63) is 193 Å². The fraction of sp³-hybridized carbons (Fsp3) is 0. The van der Waals surface area contributed by atoms with E-state index in [9.17, 15) is 0 Å². The van der Waals surface area contributed by atoms with Crippen LogP contribution in [-0.4, -0.2) is 0 Å². The second kappa shape index (κ2) is 12.7. The molecule has 0 aromatic heterocycles. The highest BCUT2D eigenvalue weighted by molar-refractivity contribution is 9.10. The van der Waals surface area contributed by atoms with Crippen molar-refractivity contribution >= 4 is 59.0 Å². The highest BCUT2D eigenvalue weighted by Crippen LogP contribution is 2.43. The summed E-state index contributed by atoms with van der Waals surface area (Å²) >= 11 is 3.56. The molecule has 9 aromatic carbocycles. The average Bonchev–Trinajstić information content (AvgIpc) is 3.14. The molecule has 0 heterocycles. The minimum Gasteiger partial charge on any atom is -0.0622 e. The third-order valence-corrected chi connectivity index (χ3v) is 9.49. The molecule has 0 atom stereocenters. The number of hydrogen-bond acceptors (Lipinski definition) is 0. The predicted octanol–water partition coefficient (Wildman–Crippen LogP) is 13.7. The molecule has 0 N–H and O–H groups in total. The quantitative estimate of drug-likeness (QED) is 0.165. The summed E-state index contributed by atoms with van der Waals surface area (Å²) in [7, 11) is 0. The van der Waals surface area contributed by atoms with Crippen LogP contribution in [0.2, 0.25) is 0 Å². The minimum absolute atomic E-state index is 1.10. The molecular weight excluding hydrogens is 632 g/mol. The van der Waals surface area contributed by atoms with Gasteiger partial charge in [0.05, 0.1) is 0 Å². The Morgan fingerprint density at radius 1 is 0.277 bits per heavy atom. The van der Waals surface area contributed by atoms with Crippen LogP contribution in [0.15, 0.2) is 193 Å². The lowest BCUT2D eigenvalue weighted by atomic mass is 9.86. The molecule has 9 rings (SSSR count). The van der Waals surface area contributed by atoms with Gasteiger partial charge in [0, 0.05) is 4.47 Å². The van der Waals surface area contributed by atoms with Crippen LogP contribution in [0.4, 0.5) is 0 Å². The van der Waals surface area contributed by atoms with Gasteiger partial charge in [-0.1, -0.05) is 180 Å². The van der Waals surface area contributed by atoms with Crippen LogP contribution in [0.1, 0.15) is 0 Å². The van der Waals surface area contributed by atoms with Crippen molar-refractivity contribution in [2.24, 2.45) is 0 Å². The minimum atomic E-state index is 1.10. The molecule has 0 bridgehead atoms. The Balaban J connectivity index is 0.000000144. The molecule has 0 saturated carbocycles. The summed E-state index contributed by atoms with van der Waals surface area (Å²) in [6.07, 6.45) is 0. The molecule has 0 saturated heterocycles. The molecule has 0 fully saturated rings. The van der Waals surface area contributed by atoms with E-state index in [0.717, 1.165) is 4.47 Å². The predicted molar refractivity (Wildman–Crippen MR) is 207 cm³/mol. The number of hydrogen-bond donors (Lipinski definition) is 0. The smallest absolute Gasteiger partial charge is 0.0175 e. The molecule has 222 valence electrons. The van der Waals surface area contributed by atoms with E-state index < -0.39 is 0 Å². The third-order valence-electron chi connectivity index (χ3n) is 8.96. The Kier molecular flexibility index (Phi) is 7.83. The maximum Gasteiger partial charge on any atom is 0.0175 e. The summed E-state index contributed by atoms with van der Waals surface area (Å²) in [6.45, 7) is 0. The first-order chi connectivity index (χ1) is 23.2. The Bertz CT molecular complexity index is 2440. The van der Waals surface area contributed by atoms with Gasteiger partial charge >= 0.3 is 0 Å². The monoisotopic (exact) mass is 662 g/mol. The zero-order valence-electron chi connectivity index (χ0n) is 25.8. The summed E-state index contributed by atoms with van der Waals surface area (Å²) in [4.78, 5) is 0. The second-order valence-electron chi connectivity index (χ2n) is 11.8. The summed E-state index contributed by atoms with van der Waals surface area (Å²) in [6, 6.07) is 67.0. The van der Waals surface area contributed by atoms with E-state index in [4.69, 9.17) is 0 Å². The molecular formula is C46H31Br. The Hall–Kier alpha value is -5.50. The van der Waals surface area contributed by atoms with E-state index in [2.05, 4.69) is 204 Å². The van der Waals surface area contributed by atoms with Crippen LogP contribution in [0.5, 0.6) is 0 Å². The van der Waals surface area contributed by atoms with Crippen molar-refractivity contribution in [1.29, 1.82) is 0 Å². The lowest BCUT2D eigenvalue weighted by Gasteiger charge is -2.17. The largest absolute Gasteiger partial charge is 0.0622 e. The van der Waals surface area contributed by atoms with E-state index in [0.29, 0.717) is 0 Å². The molecule has 0 aliphatic carbocycles. The van der Waals surface area contributed by atoms with Gasteiger partial charge in [-0.2, -0.15) is 0 Å². The fourth-order valence-electron chi connectivity index (χ4n) is 6.81. The molecule has 9 aromatic rings. The normalized spacial score (nSPS) is 11.1. The van der Waals surface area contributed by atoms with Crippen molar-refractivity contribution in [3.63, 3.8) is 0 Å². The number of rotatable bonds is 3. The molecule has 0 nitrogen and oxygen atoms in total. The topological polar surface area (TPSA) is 0 Å². The summed E-state index contributed by atoms with van der Waals surface area (Å²) < 4.78 is 1.10. The van der Waals surface area contributed by atoms with Gasteiger partial charge < -0.3 is 0 Å². The van der Waals surface area contributed by atoms with Crippen molar-refractivity contribution in [3.8, 4) is 33.4 Å². The van der Waals surface area contributed by atoms with E-state index in [1.165, 1.54) is 76.5 Å². The highest BCUT2D eigenvalue weighted by atomic mass is 79.9. The Labute approximate surface area is 283 Å². The maximum atomic E-state index is 3.56. The third kappa shape index (κ3) is 5.60. The van der Waals surface area contributed by atoms with Crippen molar-refractivity contribution < 1.29 is 0 Å². The van der Waals surface area contributed by atoms with Gasteiger partial charge in [0.25, 0.3) is 0 Å². The first-order valence-electron chi connectivity index (χ1n) is 16.0. The first kappa shape index (κ1) is 28.9. The fourth-order valence-corrected chi connectivity index (χ4v) is 7.07. The van der Waals surface area contributed by atoms with Crippen LogP contribution in [0.25, 0.3) is 76.5 Å². The van der Waals surface area contributed by atoms with Gasteiger partial charge in [-0.15, -0.1) is 0 Å². The van der Waals surface area contributed by atoms with Crippen molar-refractivity contribution in [2.75, 3.05) is 0 Å². The standard InChI is InChI=1S/C26H17Br.C20H14/c27-20-16-14-19(15-17-20)26-23-12-6-4-10-21(23)25(18-8-2-1-3-9-18)22-11-5-7-13-24(22)26;1-2-7-15(8-3-1)19-12-6-11-18-13-16-9-4-5-10-17(16)14-20(18)19/h1-17H;1-14H. The van der Waals surface area contributed by atoms with Gasteiger partial charge in [-0.25, -0.2) is 0 Å². The van der Waals surface area contributed by atoms with Gasteiger partial charge in [0.15, 0.2) is 0 Å². The SMILES string of the molecule is Brc1ccc(-c2c3ccccc3c(-c3ccccc3)c3ccccc23)cc1.c1ccc(-c2cccc3cc4ccccc4cc23)cc1. The van der Waals surface area contributed by atoms with Crippen LogP contribution in [-0.2, 0) is 0 Å². The summed E-state index contributed by atoms with van der Waals surface area (Å²) in [5.74, 6) is 0. The summed E-state index contributed by atoms with van der Waals surface area (Å²) in [5.41, 5.74) is 7.68. The lowest BCUT2D eigenvalue weighted by molar-refractivity contribution is 1.63. The van der Waals surface area contributed by atoms with Crippen LogP contribution < -0.4 is 0 Å². The molecule has 0 spiro atoms. The van der Waals surface area contributed by atoms with E-state index in [-0.39, 0.29) is 0 Å². The first-order valence-corrected chi connectivity index (χ1v) is 16.8. The molecule has 0 amide bonds. The molecule has 1 heteroatoms. The van der Waals surface area contributed by atoms with Gasteiger partial charge in [0.1, 0.15) is 0 Å².